The average Bonchev–Trinajstić information content (AvgIpc) is 2.98. The number of aromatic amines is 1. The SMILES string of the molecule is CC1CNC(c2ncc(B3OC(C)(C)C(C)(C)O3)[nH]2)C1. The number of rotatable bonds is 2. The second kappa shape index (κ2) is 4.58. The van der Waals surface area contributed by atoms with Gasteiger partial charge in [-0.05, 0) is 46.6 Å². The summed E-state index contributed by atoms with van der Waals surface area (Å²) in [6.45, 7) is 11.5. The lowest BCUT2D eigenvalue weighted by Crippen LogP contribution is -2.41. The lowest BCUT2D eigenvalue weighted by atomic mass is 9.86. The molecule has 2 aliphatic heterocycles. The van der Waals surface area contributed by atoms with Crippen molar-refractivity contribution in [3.8, 4) is 0 Å². The van der Waals surface area contributed by atoms with Gasteiger partial charge in [-0.15, -0.1) is 0 Å². The normalized spacial score (nSPS) is 31.9. The zero-order valence-electron chi connectivity index (χ0n) is 13.0. The van der Waals surface area contributed by atoms with Gasteiger partial charge >= 0.3 is 7.12 Å². The molecule has 2 N–H and O–H groups in total. The molecule has 0 bridgehead atoms. The fourth-order valence-electron chi connectivity index (χ4n) is 2.74. The lowest BCUT2D eigenvalue weighted by Gasteiger charge is -2.32. The highest BCUT2D eigenvalue weighted by Crippen LogP contribution is 2.36. The van der Waals surface area contributed by atoms with Gasteiger partial charge in [-0.25, -0.2) is 4.98 Å². The van der Waals surface area contributed by atoms with Crippen molar-refractivity contribution < 1.29 is 9.31 Å². The molecule has 0 spiro atoms. The zero-order valence-corrected chi connectivity index (χ0v) is 13.0. The molecule has 0 saturated carbocycles. The third-order valence-corrected chi connectivity index (χ3v) is 4.80. The van der Waals surface area contributed by atoms with Gasteiger partial charge in [0.25, 0.3) is 0 Å². The maximum atomic E-state index is 6.03. The molecule has 1 aromatic rings. The first-order chi connectivity index (χ1) is 9.28. The van der Waals surface area contributed by atoms with Crippen LogP contribution in [0, 0.1) is 5.92 Å². The molecule has 0 aromatic carbocycles. The molecule has 6 heteroatoms. The standard InChI is InChI=1S/C14H24BN3O2/c1-9-6-10(16-7-9)12-17-8-11(18-12)15-19-13(2,3)14(4,5)20-15/h8-10,16H,6-7H2,1-5H3,(H,17,18). The van der Waals surface area contributed by atoms with Crippen LogP contribution in [0.3, 0.4) is 0 Å². The van der Waals surface area contributed by atoms with Crippen molar-refractivity contribution in [2.75, 3.05) is 6.54 Å². The highest BCUT2D eigenvalue weighted by molar-refractivity contribution is 6.61. The molecule has 1 aromatic heterocycles. The van der Waals surface area contributed by atoms with Crippen molar-refractivity contribution in [1.82, 2.24) is 15.3 Å². The van der Waals surface area contributed by atoms with Gasteiger partial charge in [-0.3, -0.25) is 0 Å². The molecule has 2 aliphatic rings. The average molecular weight is 277 g/mol. The summed E-state index contributed by atoms with van der Waals surface area (Å²) in [4.78, 5) is 7.86. The van der Waals surface area contributed by atoms with Gasteiger partial charge in [0.2, 0.25) is 0 Å². The highest BCUT2D eigenvalue weighted by atomic mass is 16.7. The van der Waals surface area contributed by atoms with Crippen LogP contribution in [0.15, 0.2) is 6.20 Å². The maximum Gasteiger partial charge on any atom is 0.513 e. The monoisotopic (exact) mass is 277 g/mol. The van der Waals surface area contributed by atoms with Crippen LogP contribution >= 0.6 is 0 Å². The van der Waals surface area contributed by atoms with E-state index < -0.39 is 0 Å². The molecule has 20 heavy (non-hydrogen) atoms. The van der Waals surface area contributed by atoms with E-state index in [-0.39, 0.29) is 18.3 Å². The van der Waals surface area contributed by atoms with Gasteiger partial charge in [-0.1, -0.05) is 6.92 Å². The van der Waals surface area contributed by atoms with Gasteiger partial charge in [0, 0.05) is 6.20 Å². The molecular weight excluding hydrogens is 253 g/mol. The fraction of sp³-hybridized carbons (Fsp3) is 0.786. The van der Waals surface area contributed by atoms with Crippen molar-refractivity contribution in [1.29, 1.82) is 0 Å². The minimum absolute atomic E-state index is 0.316. The van der Waals surface area contributed by atoms with Crippen LogP contribution < -0.4 is 10.9 Å². The molecule has 0 amide bonds. The van der Waals surface area contributed by atoms with E-state index in [9.17, 15) is 0 Å². The van der Waals surface area contributed by atoms with Gasteiger partial charge < -0.3 is 19.6 Å². The zero-order chi connectivity index (χ0) is 14.5. The minimum atomic E-state index is -0.361. The molecule has 0 aliphatic carbocycles. The Morgan fingerprint density at radius 1 is 1.25 bits per heavy atom. The number of nitrogens with zero attached hydrogens (tertiary/aromatic N) is 1. The lowest BCUT2D eigenvalue weighted by molar-refractivity contribution is 0.00578. The Hall–Kier alpha value is -0.845. The van der Waals surface area contributed by atoms with Crippen LogP contribution in [0.5, 0.6) is 0 Å². The molecular formula is C14H24BN3O2. The second-order valence-corrected chi connectivity index (χ2v) is 7.11. The van der Waals surface area contributed by atoms with Crippen LogP contribution in [0.2, 0.25) is 0 Å². The van der Waals surface area contributed by atoms with Crippen molar-refractivity contribution >= 4 is 12.7 Å². The van der Waals surface area contributed by atoms with E-state index in [4.69, 9.17) is 9.31 Å². The number of nitrogens with one attached hydrogen (secondary N) is 2. The van der Waals surface area contributed by atoms with Gasteiger partial charge in [0.1, 0.15) is 5.82 Å². The second-order valence-electron chi connectivity index (χ2n) is 7.11. The van der Waals surface area contributed by atoms with Crippen LogP contribution in [-0.4, -0.2) is 34.8 Å². The van der Waals surface area contributed by atoms with E-state index in [1.807, 2.05) is 6.20 Å². The summed E-state index contributed by atoms with van der Waals surface area (Å²) in [5, 5.41) is 3.48. The van der Waals surface area contributed by atoms with Crippen molar-refractivity contribution in [2.45, 2.75) is 58.3 Å². The van der Waals surface area contributed by atoms with E-state index in [2.05, 4.69) is 49.9 Å². The number of hydrogen-bond donors (Lipinski definition) is 2. The number of imidazole rings is 1. The Kier molecular flexibility index (Phi) is 3.23. The summed E-state index contributed by atoms with van der Waals surface area (Å²) in [6, 6.07) is 0.321. The largest absolute Gasteiger partial charge is 0.513 e. The van der Waals surface area contributed by atoms with Crippen LogP contribution in [0.1, 0.15) is 52.9 Å². The Labute approximate surface area is 121 Å². The number of aromatic nitrogens is 2. The molecule has 2 fully saturated rings. The van der Waals surface area contributed by atoms with E-state index in [1.54, 1.807) is 0 Å². The van der Waals surface area contributed by atoms with Crippen molar-refractivity contribution in [2.24, 2.45) is 5.92 Å². The first-order valence-corrected chi connectivity index (χ1v) is 7.42. The molecule has 110 valence electrons. The van der Waals surface area contributed by atoms with Crippen molar-refractivity contribution in [3.05, 3.63) is 12.0 Å². The van der Waals surface area contributed by atoms with E-state index in [0.717, 1.165) is 24.4 Å². The highest BCUT2D eigenvalue weighted by Gasteiger charge is 2.52. The van der Waals surface area contributed by atoms with Crippen molar-refractivity contribution in [3.63, 3.8) is 0 Å². The van der Waals surface area contributed by atoms with Gasteiger partial charge in [0.15, 0.2) is 0 Å². The predicted octanol–water partition coefficient (Wildman–Crippen LogP) is 1.38. The Balaban J connectivity index is 1.75. The molecule has 3 rings (SSSR count). The van der Waals surface area contributed by atoms with Crippen LogP contribution in [0.25, 0.3) is 0 Å². The quantitative estimate of drug-likeness (QED) is 0.802. The Bertz CT molecular complexity index is 484. The molecule has 2 atom stereocenters. The first kappa shape index (κ1) is 14.1. The predicted molar refractivity (Wildman–Crippen MR) is 78.8 cm³/mol. The minimum Gasteiger partial charge on any atom is -0.398 e. The van der Waals surface area contributed by atoms with E-state index >= 15 is 0 Å². The first-order valence-electron chi connectivity index (χ1n) is 7.42. The molecule has 0 radical (unpaired) electrons. The van der Waals surface area contributed by atoms with E-state index in [1.165, 1.54) is 0 Å². The van der Waals surface area contributed by atoms with Gasteiger partial charge in [0.05, 0.1) is 22.8 Å². The molecule has 5 nitrogen and oxygen atoms in total. The number of H-pyrrole nitrogens is 1. The summed E-state index contributed by atoms with van der Waals surface area (Å²) >= 11 is 0. The molecule has 2 saturated heterocycles. The fourth-order valence-corrected chi connectivity index (χ4v) is 2.74. The summed E-state index contributed by atoms with van der Waals surface area (Å²) in [5.41, 5.74) is 0.270. The molecule has 2 unspecified atom stereocenters. The topological polar surface area (TPSA) is 59.2 Å². The van der Waals surface area contributed by atoms with E-state index in [0.29, 0.717) is 12.0 Å². The maximum absolute atomic E-state index is 6.03. The third-order valence-electron chi connectivity index (χ3n) is 4.80. The number of hydrogen-bond acceptors (Lipinski definition) is 4. The molecule has 3 heterocycles. The smallest absolute Gasteiger partial charge is 0.398 e. The Morgan fingerprint density at radius 3 is 2.45 bits per heavy atom. The van der Waals surface area contributed by atoms with Crippen LogP contribution in [-0.2, 0) is 9.31 Å². The Morgan fingerprint density at radius 2 is 1.90 bits per heavy atom. The third kappa shape index (κ3) is 2.30. The summed E-state index contributed by atoms with van der Waals surface area (Å²) in [6.07, 6.45) is 2.96. The summed E-state index contributed by atoms with van der Waals surface area (Å²) < 4.78 is 12.1. The summed E-state index contributed by atoms with van der Waals surface area (Å²) in [7, 11) is -0.361. The van der Waals surface area contributed by atoms with Crippen LogP contribution in [0.4, 0.5) is 0 Å². The summed E-state index contributed by atoms with van der Waals surface area (Å²) in [5.74, 6) is 1.68. The van der Waals surface area contributed by atoms with Gasteiger partial charge in [-0.2, -0.15) is 0 Å².